The van der Waals surface area contributed by atoms with E-state index < -0.39 is 0 Å². The van der Waals surface area contributed by atoms with Crippen LogP contribution < -0.4 is 15.2 Å². The van der Waals surface area contributed by atoms with E-state index in [1.54, 1.807) is 36.3 Å². The van der Waals surface area contributed by atoms with Gasteiger partial charge in [0.15, 0.2) is 0 Å². The first kappa shape index (κ1) is 22.1. The van der Waals surface area contributed by atoms with Crippen LogP contribution in [0.4, 0.5) is 5.69 Å². The molecule has 3 aromatic carbocycles. The summed E-state index contributed by atoms with van der Waals surface area (Å²) < 4.78 is 7.79. The second-order valence-electron chi connectivity index (χ2n) is 8.01. The lowest BCUT2D eigenvalue weighted by Crippen LogP contribution is -2.27. The van der Waals surface area contributed by atoms with Crippen LogP contribution in [0, 0.1) is 0 Å². The molecule has 6 nitrogen and oxygen atoms in total. The molecule has 0 saturated carbocycles. The van der Waals surface area contributed by atoms with Gasteiger partial charge in [-0.05, 0) is 55.0 Å². The molecular weight excluding hydrogens is 494 g/mol. The second-order valence-corrected chi connectivity index (χ2v) is 8.92. The van der Waals surface area contributed by atoms with E-state index in [-0.39, 0.29) is 11.5 Å². The number of carbonyl (C=O) groups is 1. The fourth-order valence-electron chi connectivity index (χ4n) is 4.29. The lowest BCUT2D eigenvalue weighted by atomic mass is 10.1. The zero-order chi connectivity index (χ0) is 23.8. The number of anilines is 1. The van der Waals surface area contributed by atoms with E-state index >= 15 is 0 Å². The van der Waals surface area contributed by atoms with Crippen molar-refractivity contribution in [3.05, 3.63) is 92.9 Å². The predicted molar refractivity (Wildman–Crippen MR) is 139 cm³/mol. The van der Waals surface area contributed by atoms with E-state index in [9.17, 15) is 9.59 Å². The molecule has 1 aliphatic rings. The number of aromatic nitrogens is 2. The average molecular weight is 516 g/mol. The molecule has 170 valence electrons. The Bertz CT molecular complexity index is 1520. The molecule has 0 fully saturated rings. The molecule has 0 aliphatic carbocycles. The van der Waals surface area contributed by atoms with Crippen LogP contribution in [0.15, 0.2) is 76.0 Å². The summed E-state index contributed by atoms with van der Waals surface area (Å²) in [6.45, 7) is 2.65. The lowest BCUT2D eigenvalue weighted by Gasteiger charge is -2.15. The van der Waals surface area contributed by atoms with E-state index in [1.165, 1.54) is 4.57 Å². The van der Waals surface area contributed by atoms with Crippen molar-refractivity contribution in [3.8, 4) is 11.4 Å². The third-order valence-corrected chi connectivity index (χ3v) is 6.34. The Hall–Kier alpha value is -3.71. The molecule has 0 saturated heterocycles. The maximum Gasteiger partial charge on any atom is 0.266 e. The highest BCUT2D eigenvalue weighted by Crippen LogP contribution is 2.39. The molecular formula is C27H22BrN3O3. The maximum absolute atomic E-state index is 13.6. The van der Waals surface area contributed by atoms with Crippen LogP contribution in [0.5, 0.6) is 5.75 Å². The van der Waals surface area contributed by atoms with Crippen LogP contribution in [0.25, 0.3) is 28.2 Å². The van der Waals surface area contributed by atoms with Gasteiger partial charge in [-0.2, -0.15) is 0 Å². The molecule has 34 heavy (non-hydrogen) atoms. The van der Waals surface area contributed by atoms with Crippen molar-refractivity contribution >= 4 is 50.1 Å². The zero-order valence-electron chi connectivity index (χ0n) is 18.8. The van der Waals surface area contributed by atoms with Crippen LogP contribution >= 0.6 is 15.9 Å². The Balaban J connectivity index is 1.80. The summed E-state index contributed by atoms with van der Waals surface area (Å²) in [6.07, 6.45) is 2.55. The van der Waals surface area contributed by atoms with Gasteiger partial charge in [-0.3, -0.25) is 14.2 Å². The summed E-state index contributed by atoms with van der Waals surface area (Å²) in [7, 11) is 1.58. The number of hydrogen-bond acceptors (Lipinski definition) is 4. The Labute approximate surface area is 205 Å². The van der Waals surface area contributed by atoms with Gasteiger partial charge in [0.1, 0.15) is 11.6 Å². The molecule has 1 amide bonds. The van der Waals surface area contributed by atoms with E-state index in [1.807, 2.05) is 55.5 Å². The van der Waals surface area contributed by atoms with E-state index in [4.69, 9.17) is 9.72 Å². The minimum Gasteiger partial charge on any atom is -0.497 e. The normalized spacial score (nSPS) is 14.1. The highest BCUT2D eigenvalue weighted by atomic mass is 79.9. The summed E-state index contributed by atoms with van der Waals surface area (Å²) in [5, 5.41) is 0.501. The minimum absolute atomic E-state index is 0.102. The minimum atomic E-state index is -0.212. The fraction of sp³-hybridized carbons (Fsp3) is 0.148. The molecule has 7 heteroatoms. The highest BCUT2D eigenvalue weighted by molar-refractivity contribution is 9.10. The van der Waals surface area contributed by atoms with Crippen molar-refractivity contribution in [2.75, 3.05) is 18.6 Å². The largest absolute Gasteiger partial charge is 0.497 e. The van der Waals surface area contributed by atoms with Gasteiger partial charge < -0.3 is 9.64 Å². The van der Waals surface area contributed by atoms with Crippen molar-refractivity contribution in [1.82, 2.24) is 9.55 Å². The van der Waals surface area contributed by atoms with Crippen LogP contribution in [0.2, 0.25) is 0 Å². The van der Waals surface area contributed by atoms with Gasteiger partial charge in [0.2, 0.25) is 0 Å². The van der Waals surface area contributed by atoms with Gasteiger partial charge in [0.25, 0.3) is 11.5 Å². The third-order valence-electron chi connectivity index (χ3n) is 5.85. The molecule has 0 radical (unpaired) electrons. The molecule has 1 aliphatic heterocycles. The number of fused-ring (bicyclic) bond motifs is 2. The number of rotatable bonds is 5. The summed E-state index contributed by atoms with van der Waals surface area (Å²) in [5.41, 5.74) is 3.15. The Morgan fingerprint density at radius 2 is 1.85 bits per heavy atom. The number of carbonyl (C=O) groups excluding carboxylic acids is 1. The number of methoxy groups -OCH3 is 1. The van der Waals surface area contributed by atoms with Crippen molar-refractivity contribution in [2.24, 2.45) is 0 Å². The van der Waals surface area contributed by atoms with Crippen LogP contribution in [0.1, 0.15) is 24.7 Å². The molecule has 0 unspecified atom stereocenters. The quantitative estimate of drug-likeness (QED) is 0.331. The Kier molecular flexibility index (Phi) is 5.79. The van der Waals surface area contributed by atoms with Crippen LogP contribution in [-0.2, 0) is 4.79 Å². The van der Waals surface area contributed by atoms with Gasteiger partial charge in [-0.15, -0.1) is 0 Å². The molecule has 0 bridgehead atoms. The summed E-state index contributed by atoms with van der Waals surface area (Å²) >= 11 is 3.53. The van der Waals surface area contributed by atoms with Crippen molar-refractivity contribution < 1.29 is 9.53 Å². The molecule has 0 atom stereocenters. The van der Waals surface area contributed by atoms with E-state index in [2.05, 4.69) is 15.9 Å². The molecule has 4 aromatic rings. The summed E-state index contributed by atoms with van der Waals surface area (Å²) in [4.78, 5) is 33.7. The standard InChI is InChI=1S/C27H22BrN3O3/c1-3-13-30-24-12-11-17(28)14-21(24)22(26(30)32)16-25-29-23-10-5-4-9-20(23)27(33)31(25)18-7-6-8-19(15-18)34-2/h4-12,14-16H,3,13H2,1-2H3. The van der Waals surface area contributed by atoms with Crippen molar-refractivity contribution in [1.29, 1.82) is 0 Å². The number of para-hydroxylation sites is 1. The topological polar surface area (TPSA) is 64.4 Å². The first-order chi connectivity index (χ1) is 16.5. The number of ether oxygens (including phenoxy) is 1. The number of amides is 1. The SMILES string of the molecule is CCCN1C(=O)C(=Cc2nc3ccccc3c(=O)n2-c2cccc(OC)c2)c2cc(Br)ccc21. The smallest absolute Gasteiger partial charge is 0.266 e. The molecule has 0 N–H and O–H groups in total. The van der Waals surface area contributed by atoms with Crippen molar-refractivity contribution in [2.45, 2.75) is 13.3 Å². The number of nitrogens with zero attached hydrogens (tertiary/aromatic N) is 3. The highest BCUT2D eigenvalue weighted by Gasteiger charge is 2.32. The number of benzene rings is 3. The van der Waals surface area contributed by atoms with Crippen molar-refractivity contribution in [3.63, 3.8) is 0 Å². The molecule has 2 heterocycles. The van der Waals surface area contributed by atoms with Gasteiger partial charge >= 0.3 is 0 Å². The first-order valence-electron chi connectivity index (χ1n) is 11.0. The molecule has 0 spiro atoms. The average Bonchev–Trinajstić information content (AvgIpc) is 3.10. The Morgan fingerprint density at radius 3 is 2.65 bits per heavy atom. The second kappa shape index (κ2) is 8.91. The summed E-state index contributed by atoms with van der Waals surface area (Å²) in [6, 6.07) is 20.3. The summed E-state index contributed by atoms with van der Waals surface area (Å²) in [5.74, 6) is 0.899. The van der Waals surface area contributed by atoms with Gasteiger partial charge in [-0.1, -0.05) is 41.1 Å². The van der Waals surface area contributed by atoms with Gasteiger partial charge in [-0.25, -0.2) is 4.98 Å². The third kappa shape index (κ3) is 3.72. The zero-order valence-corrected chi connectivity index (χ0v) is 20.4. The molecule has 1 aromatic heterocycles. The van der Waals surface area contributed by atoms with Gasteiger partial charge in [0, 0.05) is 22.6 Å². The lowest BCUT2D eigenvalue weighted by molar-refractivity contribution is -0.113. The van der Waals surface area contributed by atoms with Crippen LogP contribution in [-0.4, -0.2) is 29.1 Å². The first-order valence-corrected chi connectivity index (χ1v) is 11.8. The van der Waals surface area contributed by atoms with Crippen LogP contribution in [0.3, 0.4) is 0 Å². The van der Waals surface area contributed by atoms with E-state index in [0.717, 1.165) is 22.1 Å². The number of halogens is 1. The predicted octanol–water partition coefficient (Wildman–Crippen LogP) is 5.45. The number of hydrogen-bond donors (Lipinski definition) is 0. The van der Waals surface area contributed by atoms with Gasteiger partial charge in [0.05, 0.1) is 35.0 Å². The van der Waals surface area contributed by atoms with E-state index in [0.29, 0.717) is 40.3 Å². The monoisotopic (exact) mass is 515 g/mol. The maximum atomic E-state index is 13.6. The fourth-order valence-corrected chi connectivity index (χ4v) is 4.65. The Morgan fingerprint density at radius 1 is 1.03 bits per heavy atom. The molecule has 5 rings (SSSR count).